The van der Waals surface area contributed by atoms with Crippen LogP contribution in [0.15, 0.2) is 73.3 Å². The van der Waals surface area contributed by atoms with Gasteiger partial charge in [-0.1, -0.05) is 29.8 Å². The van der Waals surface area contributed by atoms with Crippen LogP contribution in [0.4, 0.5) is 10.5 Å². The van der Waals surface area contributed by atoms with Gasteiger partial charge in [-0.05, 0) is 36.4 Å². The average molecular weight is 372 g/mol. The number of aromatic nitrogens is 2. The molecule has 1 amide bonds. The van der Waals surface area contributed by atoms with Gasteiger partial charge in [0.1, 0.15) is 12.4 Å². The van der Waals surface area contributed by atoms with Crippen LogP contribution in [0.5, 0.6) is 5.75 Å². The van der Waals surface area contributed by atoms with Crippen LogP contribution in [0.2, 0.25) is 5.02 Å². The zero-order valence-electron chi connectivity index (χ0n) is 13.9. The lowest BCUT2D eigenvalue weighted by Gasteiger charge is -2.19. The molecule has 0 aliphatic rings. The number of benzene rings is 2. The van der Waals surface area contributed by atoms with E-state index in [-0.39, 0.29) is 6.61 Å². The third kappa shape index (κ3) is 5.53. The Hall–Kier alpha value is -2.99. The number of hydrogen-bond donors (Lipinski definition) is 1. The highest BCUT2D eigenvalue weighted by Gasteiger charge is 2.16. The quantitative estimate of drug-likeness (QED) is 0.674. The number of imidazole rings is 1. The largest absolute Gasteiger partial charge is 0.490 e. The summed E-state index contributed by atoms with van der Waals surface area (Å²) in [4.78, 5) is 16.2. The van der Waals surface area contributed by atoms with Crippen molar-refractivity contribution >= 4 is 23.4 Å². The maximum absolute atomic E-state index is 12.2. The molecule has 1 N–H and O–H groups in total. The van der Waals surface area contributed by atoms with Crippen LogP contribution < -0.4 is 10.1 Å². The van der Waals surface area contributed by atoms with Crippen LogP contribution in [0.3, 0.4) is 0 Å². The standard InChI is InChI=1S/C19H18ClN3O3/c20-15-6-8-16(9-7-15)22-19(24)26-18(12-23-11-10-21-14-23)13-25-17-4-2-1-3-5-17/h1-11,14,18H,12-13H2,(H,22,24). The molecule has 0 saturated carbocycles. The number of nitrogens with zero attached hydrogens (tertiary/aromatic N) is 2. The second-order valence-corrected chi connectivity index (χ2v) is 5.98. The number of rotatable bonds is 7. The van der Waals surface area contributed by atoms with Crippen molar-refractivity contribution in [3.63, 3.8) is 0 Å². The number of amides is 1. The first-order valence-corrected chi connectivity index (χ1v) is 8.43. The molecule has 1 heterocycles. The number of halogens is 1. The molecular formula is C19H18ClN3O3. The third-order valence-electron chi connectivity index (χ3n) is 3.52. The molecule has 6 nitrogen and oxygen atoms in total. The van der Waals surface area contributed by atoms with Gasteiger partial charge in [0.2, 0.25) is 0 Å². The molecule has 0 fully saturated rings. The molecule has 3 rings (SSSR count). The minimum Gasteiger partial charge on any atom is -0.490 e. The van der Waals surface area contributed by atoms with Gasteiger partial charge >= 0.3 is 6.09 Å². The molecule has 0 saturated heterocycles. The van der Waals surface area contributed by atoms with Crippen LogP contribution in [-0.4, -0.2) is 28.4 Å². The Balaban J connectivity index is 1.60. The SMILES string of the molecule is O=C(Nc1ccc(Cl)cc1)OC(COc1ccccc1)Cn1ccnc1. The topological polar surface area (TPSA) is 65.4 Å². The molecule has 1 atom stereocenters. The highest BCUT2D eigenvalue weighted by molar-refractivity contribution is 6.30. The van der Waals surface area contributed by atoms with Crippen molar-refractivity contribution in [1.82, 2.24) is 9.55 Å². The first-order valence-electron chi connectivity index (χ1n) is 8.06. The summed E-state index contributed by atoms with van der Waals surface area (Å²) >= 11 is 5.84. The van der Waals surface area contributed by atoms with Crippen molar-refractivity contribution in [3.05, 3.63) is 78.3 Å². The van der Waals surface area contributed by atoms with Crippen LogP contribution >= 0.6 is 11.6 Å². The normalized spacial score (nSPS) is 11.6. The Labute approximate surface area is 156 Å². The molecular weight excluding hydrogens is 354 g/mol. The summed E-state index contributed by atoms with van der Waals surface area (Å²) in [6, 6.07) is 16.2. The summed E-state index contributed by atoms with van der Waals surface area (Å²) in [5, 5.41) is 3.27. The predicted octanol–water partition coefficient (Wildman–Crippen LogP) is 4.23. The fraction of sp³-hybridized carbons (Fsp3) is 0.158. The molecule has 2 aromatic carbocycles. The molecule has 0 bridgehead atoms. The van der Waals surface area contributed by atoms with Gasteiger partial charge in [-0.3, -0.25) is 5.32 Å². The van der Waals surface area contributed by atoms with E-state index in [1.807, 2.05) is 34.9 Å². The van der Waals surface area contributed by atoms with Crippen LogP contribution in [0.25, 0.3) is 0 Å². The van der Waals surface area contributed by atoms with Crippen molar-refractivity contribution in [3.8, 4) is 5.75 Å². The van der Waals surface area contributed by atoms with E-state index in [0.29, 0.717) is 23.0 Å². The fourth-order valence-corrected chi connectivity index (χ4v) is 2.42. The summed E-state index contributed by atoms with van der Waals surface area (Å²) < 4.78 is 13.1. The molecule has 3 aromatic rings. The van der Waals surface area contributed by atoms with Gasteiger partial charge in [0.25, 0.3) is 0 Å². The van der Waals surface area contributed by atoms with E-state index in [9.17, 15) is 4.79 Å². The van der Waals surface area contributed by atoms with E-state index >= 15 is 0 Å². The van der Waals surface area contributed by atoms with E-state index < -0.39 is 12.2 Å². The maximum atomic E-state index is 12.2. The van der Waals surface area contributed by atoms with Gasteiger partial charge in [-0.2, -0.15) is 0 Å². The van der Waals surface area contributed by atoms with E-state index in [1.165, 1.54) is 0 Å². The van der Waals surface area contributed by atoms with E-state index in [2.05, 4.69) is 10.3 Å². The van der Waals surface area contributed by atoms with Gasteiger partial charge in [0.15, 0.2) is 6.10 Å². The summed E-state index contributed by atoms with van der Waals surface area (Å²) in [6.45, 7) is 0.650. The molecule has 0 aliphatic carbocycles. The Kier molecular flexibility index (Phi) is 6.11. The minimum absolute atomic E-state index is 0.218. The highest BCUT2D eigenvalue weighted by Crippen LogP contribution is 2.14. The Morgan fingerprint density at radius 3 is 2.62 bits per heavy atom. The molecule has 7 heteroatoms. The van der Waals surface area contributed by atoms with Crippen molar-refractivity contribution < 1.29 is 14.3 Å². The van der Waals surface area contributed by atoms with E-state index in [0.717, 1.165) is 0 Å². The molecule has 0 spiro atoms. The van der Waals surface area contributed by atoms with Gasteiger partial charge in [0, 0.05) is 23.1 Å². The lowest BCUT2D eigenvalue weighted by molar-refractivity contribution is 0.0641. The molecule has 0 aliphatic heterocycles. The first-order chi connectivity index (χ1) is 12.7. The lowest BCUT2D eigenvalue weighted by atomic mass is 10.3. The zero-order valence-corrected chi connectivity index (χ0v) is 14.7. The smallest absolute Gasteiger partial charge is 0.412 e. The summed E-state index contributed by atoms with van der Waals surface area (Å²) in [6.07, 6.45) is 4.08. The number of carbonyl (C=O) groups excluding carboxylic acids is 1. The van der Waals surface area contributed by atoms with E-state index in [1.54, 1.807) is 43.0 Å². The van der Waals surface area contributed by atoms with Crippen molar-refractivity contribution in [2.45, 2.75) is 12.6 Å². The number of ether oxygens (including phenoxy) is 2. The zero-order chi connectivity index (χ0) is 18.2. The van der Waals surface area contributed by atoms with Crippen molar-refractivity contribution in [2.75, 3.05) is 11.9 Å². The second kappa shape index (κ2) is 8.92. The summed E-state index contributed by atoms with van der Waals surface area (Å²) in [7, 11) is 0. The number of carbonyl (C=O) groups is 1. The fourth-order valence-electron chi connectivity index (χ4n) is 2.29. The molecule has 1 aromatic heterocycles. The number of hydrogen-bond acceptors (Lipinski definition) is 4. The number of anilines is 1. The molecule has 0 radical (unpaired) electrons. The van der Waals surface area contributed by atoms with Gasteiger partial charge in [-0.25, -0.2) is 9.78 Å². The minimum atomic E-state index is -0.561. The highest BCUT2D eigenvalue weighted by atomic mass is 35.5. The average Bonchev–Trinajstić information content (AvgIpc) is 3.15. The van der Waals surface area contributed by atoms with Gasteiger partial charge < -0.3 is 14.0 Å². The van der Waals surface area contributed by atoms with Crippen LogP contribution in [-0.2, 0) is 11.3 Å². The second-order valence-electron chi connectivity index (χ2n) is 5.54. The third-order valence-corrected chi connectivity index (χ3v) is 3.77. The predicted molar refractivity (Wildman–Crippen MR) is 99.5 cm³/mol. The lowest BCUT2D eigenvalue weighted by Crippen LogP contribution is -2.31. The monoisotopic (exact) mass is 371 g/mol. The van der Waals surface area contributed by atoms with Crippen molar-refractivity contribution in [1.29, 1.82) is 0 Å². The molecule has 134 valence electrons. The van der Waals surface area contributed by atoms with E-state index in [4.69, 9.17) is 21.1 Å². The first kappa shape index (κ1) is 17.8. The Morgan fingerprint density at radius 1 is 1.15 bits per heavy atom. The Bertz CT molecular complexity index is 808. The van der Waals surface area contributed by atoms with Gasteiger partial charge in [-0.15, -0.1) is 0 Å². The summed E-state index contributed by atoms with van der Waals surface area (Å²) in [5.41, 5.74) is 0.602. The molecule has 26 heavy (non-hydrogen) atoms. The summed E-state index contributed by atoms with van der Waals surface area (Å²) in [5.74, 6) is 0.713. The van der Waals surface area contributed by atoms with Crippen LogP contribution in [0.1, 0.15) is 0 Å². The number of para-hydroxylation sites is 1. The van der Waals surface area contributed by atoms with Crippen LogP contribution in [0, 0.1) is 0 Å². The van der Waals surface area contributed by atoms with Crippen molar-refractivity contribution in [2.24, 2.45) is 0 Å². The maximum Gasteiger partial charge on any atom is 0.412 e. The molecule has 1 unspecified atom stereocenters. The number of nitrogens with one attached hydrogen (secondary N) is 1. The van der Waals surface area contributed by atoms with Gasteiger partial charge in [0.05, 0.1) is 12.9 Å². The Morgan fingerprint density at radius 2 is 1.92 bits per heavy atom.